The number of nitrogens with zero attached hydrogens (tertiary/aromatic N) is 2. The number of pyridine rings is 1. The van der Waals surface area contributed by atoms with Crippen LogP contribution in [0.4, 0.5) is 14.6 Å². The van der Waals surface area contributed by atoms with E-state index in [1.54, 1.807) is 0 Å². The molecule has 2 N–H and O–H groups in total. The van der Waals surface area contributed by atoms with Crippen molar-refractivity contribution in [2.75, 3.05) is 18.5 Å². The highest BCUT2D eigenvalue weighted by molar-refractivity contribution is 5.39. The predicted molar refractivity (Wildman–Crippen MR) is 49.5 cm³/mol. The first kappa shape index (κ1) is 11.3. The summed E-state index contributed by atoms with van der Waals surface area (Å²) in [6.45, 7) is -1.90. The van der Waals surface area contributed by atoms with Gasteiger partial charge in [-0.3, -0.25) is 0 Å². The van der Waals surface area contributed by atoms with E-state index >= 15 is 0 Å². The molecular weight excluding hydrogens is 204 g/mol. The van der Waals surface area contributed by atoms with Crippen LogP contribution in [0, 0.1) is 11.3 Å². The highest BCUT2D eigenvalue weighted by atomic mass is 19.3. The topological polar surface area (TPSA) is 68.9 Å². The Hall–Kier alpha value is -1.74. The second-order valence-corrected chi connectivity index (χ2v) is 2.91. The van der Waals surface area contributed by atoms with Gasteiger partial charge in [-0.05, 0) is 12.1 Å². The van der Waals surface area contributed by atoms with Crippen molar-refractivity contribution < 1.29 is 13.9 Å². The summed E-state index contributed by atoms with van der Waals surface area (Å²) in [7, 11) is 0. The van der Waals surface area contributed by atoms with E-state index in [9.17, 15) is 8.78 Å². The van der Waals surface area contributed by atoms with E-state index in [0.717, 1.165) is 0 Å². The number of nitriles is 1. The van der Waals surface area contributed by atoms with Crippen molar-refractivity contribution in [1.29, 1.82) is 5.26 Å². The van der Waals surface area contributed by atoms with Gasteiger partial charge in [-0.25, -0.2) is 13.8 Å². The van der Waals surface area contributed by atoms with Crippen LogP contribution in [0.5, 0.6) is 0 Å². The number of alkyl halides is 2. The molecule has 0 unspecified atom stereocenters. The zero-order valence-electron chi connectivity index (χ0n) is 7.74. The number of nitrogens with one attached hydrogen (secondary N) is 1. The van der Waals surface area contributed by atoms with Crippen LogP contribution in [-0.4, -0.2) is 29.2 Å². The van der Waals surface area contributed by atoms with Crippen LogP contribution in [0.25, 0.3) is 0 Å². The molecular formula is C9H9F2N3O. The van der Waals surface area contributed by atoms with Gasteiger partial charge >= 0.3 is 0 Å². The lowest BCUT2D eigenvalue weighted by Gasteiger charge is -2.13. The Labute approximate surface area is 85.2 Å². The van der Waals surface area contributed by atoms with Gasteiger partial charge in [0.1, 0.15) is 18.5 Å². The zero-order chi connectivity index (χ0) is 11.3. The van der Waals surface area contributed by atoms with Crippen LogP contribution in [-0.2, 0) is 0 Å². The number of anilines is 1. The third kappa shape index (κ3) is 3.48. The third-order valence-electron chi connectivity index (χ3n) is 1.65. The van der Waals surface area contributed by atoms with Gasteiger partial charge in [-0.1, -0.05) is 0 Å². The fourth-order valence-electron chi connectivity index (χ4n) is 0.840. The van der Waals surface area contributed by atoms with Crippen molar-refractivity contribution in [3.63, 3.8) is 0 Å². The van der Waals surface area contributed by atoms with Crippen molar-refractivity contribution >= 4 is 5.82 Å². The van der Waals surface area contributed by atoms with Gasteiger partial charge in [0.15, 0.2) is 0 Å². The van der Waals surface area contributed by atoms with Crippen LogP contribution in [0.2, 0.25) is 0 Å². The first-order chi connectivity index (χ1) is 7.07. The van der Waals surface area contributed by atoms with Gasteiger partial charge in [0, 0.05) is 6.20 Å². The fourth-order valence-corrected chi connectivity index (χ4v) is 0.840. The molecule has 0 aliphatic heterocycles. The number of hydrogen-bond acceptors (Lipinski definition) is 4. The maximum absolute atomic E-state index is 12.6. The fraction of sp³-hybridized carbons (Fsp3) is 0.333. The largest absolute Gasteiger partial charge is 0.390 e. The van der Waals surface area contributed by atoms with Gasteiger partial charge in [-0.15, -0.1) is 0 Å². The Bertz CT molecular complexity index is 359. The summed E-state index contributed by atoms with van der Waals surface area (Å²) >= 11 is 0. The van der Waals surface area contributed by atoms with Crippen LogP contribution in [0.15, 0.2) is 18.3 Å². The second kappa shape index (κ2) is 4.66. The Balaban J connectivity index is 2.56. The Kier molecular flexibility index (Phi) is 3.52. The predicted octanol–water partition coefficient (Wildman–Crippen LogP) is 0.993. The lowest BCUT2D eigenvalue weighted by molar-refractivity contribution is -0.0373. The van der Waals surface area contributed by atoms with Crippen molar-refractivity contribution in [3.05, 3.63) is 23.9 Å². The summed E-state index contributed by atoms with van der Waals surface area (Å²) in [6, 6.07) is 4.75. The van der Waals surface area contributed by atoms with Crippen LogP contribution < -0.4 is 5.32 Å². The lowest BCUT2D eigenvalue weighted by atomic mass is 10.3. The van der Waals surface area contributed by atoms with Crippen LogP contribution in [0.3, 0.4) is 0 Å². The maximum atomic E-state index is 12.6. The molecule has 0 bridgehead atoms. The number of hydrogen-bond donors (Lipinski definition) is 2. The van der Waals surface area contributed by atoms with Crippen LogP contribution in [0.1, 0.15) is 5.56 Å². The van der Waals surface area contributed by atoms with E-state index in [2.05, 4.69) is 10.3 Å². The SMILES string of the molecule is N#Cc1ccc(NCC(F)(F)CO)nc1. The minimum Gasteiger partial charge on any atom is -0.390 e. The Morgan fingerprint density at radius 1 is 1.53 bits per heavy atom. The number of aliphatic hydroxyl groups excluding tert-OH is 1. The van der Waals surface area contributed by atoms with E-state index in [4.69, 9.17) is 10.4 Å². The first-order valence-corrected chi connectivity index (χ1v) is 4.16. The van der Waals surface area contributed by atoms with E-state index in [1.807, 2.05) is 6.07 Å². The summed E-state index contributed by atoms with van der Waals surface area (Å²) in [6.07, 6.45) is 1.28. The number of aliphatic hydroxyl groups is 1. The monoisotopic (exact) mass is 213 g/mol. The minimum absolute atomic E-state index is 0.238. The molecule has 0 amide bonds. The van der Waals surface area contributed by atoms with E-state index in [-0.39, 0.29) is 5.82 Å². The summed E-state index contributed by atoms with van der Waals surface area (Å²) in [5.41, 5.74) is 0.356. The normalized spacial score (nSPS) is 10.8. The van der Waals surface area contributed by atoms with Gasteiger partial charge in [0.2, 0.25) is 0 Å². The molecule has 80 valence electrons. The molecule has 0 aromatic carbocycles. The maximum Gasteiger partial charge on any atom is 0.287 e. The molecule has 0 saturated heterocycles. The number of aromatic nitrogens is 1. The molecule has 1 aromatic rings. The lowest BCUT2D eigenvalue weighted by Crippen LogP contribution is -2.31. The van der Waals surface area contributed by atoms with E-state index in [1.165, 1.54) is 18.3 Å². The van der Waals surface area contributed by atoms with Gasteiger partial charge in [0.25, 0.3) is 5.92 Å². The number of halogens is 2. The molecule has 6 heteroatoms. The molecule has 15 heavy (non-hydrogen) atoms. The molecule has 0 radical (unpaired) electrons. The molecule has 0 aliphatic carbocycles. The van der Waals surface area contributed by atoms with Crippen molar-refractivity contribution in [3.8, 4) is 6.07 Å². The highest BCUT2D eigenvalue weighted by Gasteiger charge is 2.27. The smallest absolute Gasteiger partial charge is 0.287 e. The molecule has 4 nitrogen and oxygen atoms in total. The van der Waals surface area contributed by atoms with Crippen LogP contribution >= 0.6 is 0 Å². The minimum atomic E-state index is -3.17. The average molecular weight is 213 g/mol. The molecule has 0 fully saturated rings. The summed E-state index contributed by atoms with van der Waals surface area (Å²) < 4.78 is 25.2. The summed E-state index contributed by atoms with van der Waals surface area (Å²) in [5.74, 6) is -2.93. The summed E-state index contributed by atoms with van der Waals surface area (Å²) in [4.78, 5) is 3.74. The van der Waals surface area contributed by atoms with Gasteiger partial charge in [-0.2, -0.15) is 5.26 Å². The quantitative estimate of drug-likeness (QED) is 0.782. The molecule has 0 saturated carbocycles. The van der Waals surface area contributed by atoms with E-state index in [0.29, 0.717) is 5.56 Å². The zero-order valence-corrected chi connectivity index (χ0v) is 7.74. The molecule has 1 rings (SSSR count). The van der Waals surface area contributed by atoms with Crippen molar-refractivity contribution in [1.82, 2.24) is 4.98 Å². The molecule has 1 aromatic heterocycles. The van der Waals surface area contributed by atoms with Gasteiger partial charge < -0.3 is 10.4 Å². The van der Waals surface area contributed by atoms with Crippen molar-refractivity contribution in [2.24, 2.45) is 0 Å². The molecule has 0 spiro atoms. The second-order valence-electron chi connectivity index (χ2n) is 2.91. The third-order valence-corrected chi connectivity index (χ3v) is 1.65. The Morgan fingerprint density at radius 3 is 2.73 bits per heavy atom. The van der Waals surface area contributed by atoms with Gasteiger partial charge in [0.05, 0.1) is 12.1 Å². The number of rotatable bonds is 4. The molecule has 0 atom stereocenters. The van der Waals surface area contributed by atoms with E-state index < -0.39 is 19.1 Å². The Morgan fingerprint density at radius 2 is 2.27 bits per heavy atom. The molecule has 1 heterocycles. The highest BCUT2D eigenvalue weighted by Crippen LogP contribution is 2.13. The summed E-state index contributed by atoms with van der Waals surface area (Å²) in [5, 5.41) is 19.1. The average Bonchev–Trinajstić information content (AvgIpc) is 2.27. The first-order valence-electron chi connectivity index (χ1n) is 4.16. The van der Waals surface area contributed by atoms with Crippen molar-refractivity contribution in [2.45, 2.75) is 5.92 Å². The standard InChI is InChI=1S/C9H9F2N3O/c10-9(11,6-15)5-14-8-2-1-7(3-12)4-13-8/h1-2,4,15H,5-6H2,(H,13,14). The molecule has 0 aliphatic rings.